The van der Waals surface area contributed by atoms with Gasteiger partial charge in [0.25, 0.3) is 0 Å². The first-order valence-electron chi connectivity index (χ1n) is 4.92. The van der Waals surface area contributed by atoms with E-state index in [9.17, 15) is 9.59 Å². The number of carbonyl (C=O) groups excluding carboxylic acids is 1. The number of thioether (sulfide) groups is 1. The van der Waals surface area contributed by atoms with Crippen LogP contribution in [0.25, 0.3) is 0 Å². The van der Waals surface area contributed by atoms with Crippen LogP contribution in [-0.4, -0.2) is 46.1 Å². The Labute approximate surface area is 93.0 Å². The van der Waals surface area contributed by atoms with Gasteiger partial charge in [0.2, 0.25) is 5.91 Å². The second kappa shape index (κ2) is 5.37. The summed E-state index contributed by atoms with van der Waals surface area (Å²) in [6.45, 7) is 2.16. The van der Waals surface area contributed by atoms with Crippen LogP contribution in [0.1, 0.15) is 13.3 Å². The molecule has 3 N–H and O–H groups in total. The minimum atomic E-state index is -0.930. The zero-order valence-corrected chi connectivity index (χ0v) is 9.50. The van der Waals surface area contributed by atoms with Gasteiger partial charge in [0.1, 0.15) is 6.04 Å². The van der Waals surface area contributed by atoms with E-state index in [0.29, 0.717) is 18.1 Å². The van der Waals surface area contributed by atoms with Crippen LogP contribution in [0.5, 0.6) is 0 Å². The van der Waals surface area contributed by atoms with Gasteiger partial charge in [-0.15, -0.1) is 11.8 Å². The third-order valence-electron chi connectivity index (χ3n) is 2.58. The van der Waals surface area contributed by atoms with E-state index in [4.69, 9.17) is 10.8 Å². The van der Waals surface area contributed by atoms with Crippen LogP contribution in [0.15, 0.2) is 0 Å². The number of carbonyl (C=O) groups is 2. The summed E-state index contributed by atoms with van der Waals surface area (Å²) in [5, 5.41) is 8.92. The normalized spacial score (nSPS) is 22.8. The average molecular weight is 232 g/mol. The number of nitrogens with zero attached hydrogens (tertiary/aromatic N) is 1. The number of rotatable bonds is 4. The van der Waals surface area contributed by atoms with Crippen molar-refractivity contribution in [2.45, 2.75) is 19.4 Å². The number of aliphatic carboxylic acids is 1. The van der Waals surface area contributed by atoms with Gasteiger partial charge in [-0.25, -0.2) is 4.79 Å². The van der Waals surface area contributed by atoms with Gasteiger partial charge in [0.15, 0.2) is 0 Å². The number of hydrogen-bond donors (Lipinski definition) is 2. The Kier molecular flexibility index (Phi) is 4.41. The molecule has 1 saturated heterocycles. The predicted molar refractivity (Wildman–Crippen MR) is 58.4 cm³/mol. The highest BCUT2D eigenvalue weighted by atomic mass is 32.2. The van der Waals surface area contributed by atoms with Gasteiger partial charge in [0.05, 0.1) is 11.8 Å². The molecular weight excluding hydrogens is 216 g/mol. The summed E-state index contributed by atoms with van der Waals surface area (Å²) in [6.07, 6.45) is 0.656. The summed E-state index contributed by atoms with van der Waals surface area (Å²) < 4.78 is 0. The molecule has 1 fully saturated rings. The number of nitrogens with two attached hydrogens (primary N) is 1. The summed E-state index contributed by atoms with van der Waals surface area (Å²) in [6, 6.07) is -0.678. The Morgan fingerprint density at radius 1 is 1.67 bits per heavy atom. The van der Waals surface area contributed by atoms with Gasteiger partial charge >= 0.3 is 5.97 Å². The van der Waals surface area contributed by atoms with Crippen molar-refractivity contribution in [1.29, 1.82) is 0 Å². The van der Waals surface area contributed by atoms with E-state index in [-0.39, 0.29) is 18.4 Å². The lowest BCUT2D eigenvalue weighted by molar-refractivity contribution is -0.149. The number of carboxylic acids is 1. The summed E-state index contributed by atoms with van der Waals surface area (Å²) in [5.41, 5.74) is 5.47. The standard InChI is InChI=1S/C9H16N2O3S/c1-2-6(3-10)8(12)11-5-15-4-7(11)9(13)14/h6-7H,2-5,10H2,1H3,(H,13,14). The fourth-order valence-electron chi connectivity index (χ4n) is 1.54. The highest BCUT2D eigenvalue weighted by Gasteiger charge is 2.36. The molecule has 1 rings (SSSR count). The van der Waals surface area contributed by atoms with Gasteiger partial charge < -0.3 is 15.7 Å². The van der Waals surface area contributed by atoms with Gasteiger partial charge in [-0.05, 0) is 6.42 Å². The predicted octanol–water partition coefficient (Wildman–Crippen LogP) is -0.0426. The SMILES string of the molecule is CCC(CN)C(=O)N1CSCC1C(=O)O. The Morgan fingerprint density at radius 2 is 2.33 bits per heavy atom. The second-order valence-electron chi connectivity index (χ2n) is 3.50. The average Bonchev–Trinajstić information content (AvgIpc) is 2.67. The molecule has 1 heterocycles. The van der Waals surface area contributed by atoms with Crippen molar-refractivity contribution in [1.82, 2.24) is 4.90 Å². The second-order valence-corrected chi connectivity index (χ2v) is 4.50. The molecule has 0 aliphatic carbocycles. The van der Waals surface area contributed by atoms with Crippen LogP contribution >= 0.6 is 11.8 Å². The fraction of sp³-hybridized carbons (Fsp3) is 0.778. The molecule has 2 unspecified atom stereocenters. The Bertz CT molecular complexity index is 256. The molecule has 0 spiro atoms. The topological polar surface area (TPSA) is 83.6 Å². The van der Waals surface area contributed by atoms with Crippen LogP contribution in [0, 0.1) is 5.92 Å². The molecule has 86 valence electrons. The van der Waals surface area contributed by atoms with Crippen molar-refractivity contribution in [2.75, 3.05) is 18.2 Å². The third kappa shape index (κ3) is 2.63. The maximum atomic E-state index is 11.9. The van der Waals surface area contributed by atoms with Gasteiger partial charge in [0, 0.05) is 12.3 Å². The number of hydrogen-bond acceptors (Lipinski definition) is 4. The van der Waals surface area contributed by atoms with E-state index < -0.39 is 12.0 Å². The first kappa shape index (κ1) is 12.3. The Balaban J connectivity index is 2.69. The summed E-state index contributed by atoms with van der Waals surface area (Å²) in [4.78, 5) is 24.2. The molecule has 0 radical (unpaired) electrons. The van der Waals surface area contributed by atoms with Crippen molar-refractivity contribution in [3.05, 3.63) is 0 Å². The lowest BCUT2D eigenvalue weighted by atomic mass is 10.0. The summed E-state index contributed by atoms with van der Waals surface area (Å²) in [5.74, 6) is -0.364. The molecule has 0 bridgehead atoms. The highest BCUT2D eigenvalue weighted by Crippen LogP contribution is 2.23. The monoisotopic (exact) mass is 232 g/mol. The van der Waals surface area contributed by atoms with Crippen LogP contribution in [-0.2, 0) is 9.59 Å². The first-order chi connectivity index (χ1) is 7.11. The zero-order chi connectivity index (χ0) is 11.4. The number of carboxylic acid groups (broad SMARTS) is 1. The van der Waals surface area contributed by atoms with Crippen LogP contribution < -0.4 is 5.73 Å². The van der Waals surface area contributed by atoms with E-state index in [1.54, 1.807) is 0 Å². The maximum absolute atomic E-state index is 11.9. The Hall–Kier alpha value is -0.750. The fourth-order valence-corrected chi connectivity index (χ4v) is 2.70. The van der Waals surface area contributed by atoms with Crippen molar-refractivity contribution in [2.24, 2.45) is 11.7 Å². The maximum Gasteiger partial charge on any atom is 0.327 e. The zero-order valence-electron chi connectivity index (χ0n) is 8.68. The van der Waals surface area contributed by atoms with E-state index in [2.05, 4.69) is 0 Å². The molecular formula is C9H16N2O3S. The molecule has 1 aliphatic heterocycles. The minimum Gasteiger partial charge on any atom is -0.480 e. The van der Waals surface area contributed by atoms with E-state index >= 15 is 0 Å². The molecule has 2 atom stereocenters. The molecule has 15 heavy (non-hydrogen) atoms. The molecule has 6 heteroatoms. The number of amides is 1. The van der Waals surface area contributed by atoms with Crippen molar-refractivity contribution < 1.29 is 14.7 Å². The lowest BCUT2D eigenvalue weighted by Gasteiger charge is -2.24. The Morgan fingerprint density at radius 3 is 2.80 bits per heavy atom. The van der Waals surface area contributed by atoms with Crippen molar-refractivity contribution in [3.8, 4) is 0 Å². The molecule has 0 aromatic carbocycles. The minimum absolute atomic E-state index is 0.127. The van der Waals surface area contributed by atoms with Gasteiger partial charge in [-0.3, -0.25) is 4.79 Å². The highest BCUT2D eigenvalue weighted by molar-refractivity contribution is 7.99. The van der Waals surface area contributed by atoms with Crippen LogP contribution in [0.4, 0.5) is 0 Å². The first-order valence-corrected chi connectivity index (χ1v) is 6.08. The van der Waals surface area contributed by atoms with Crippen LogP contribution in [0.3, 0.4) is 0 Å². The largest absolute Gasteiger partial charge is 0.480 e. The summed E-state index contributed by atoms with van der Waals surface area (Å²) in [7, 11) is 0. The molecule has 1 amide bonds. The molecule has 0 aromatic rings. The lowest BCUT2D eigenvalue weighted by Crippen LogP contribution is -2.45. The smallest absolute Gasteiger partial charge is 0.327 e. The van der Waals surface area contributed by atoms with Gasteiger partial charge in [-0.1, -0.05) is 6.92 Å². The van der Waals surface area contributed by atoms with Gasteiger partial charge in [-0.2, -0.15) is 0 Å². The molecule has 0 saturated carbocycles. The molecule has 5 nitrogen and oxygen atoms in total. The van der Waals surface area contributed by atoms with Crippen molar-refractivity contribution >= 4 is 23.6 Å². The third-order valence-corrected chi connectivity index (χ3v) is 3.59. The van der Waals surface area contributed by atoms with Crippen molar-refractivity contribution in [3.63, 3.8) is 0 Å². The van der Waals surface area contributed by atoms with E-state index in [1.807, 2.05) is 6.92 Å². The summed E-state index contributed by atoms with van der Waals surface area (Å²) >= 11 is 1.47. The van der Waals surface area contributed by atoms with E-state index in [0.717, 1.165) is 0 Å². The molecule has 1 aliphatic rings. The quantitative estimate of drug-likeness (QED) is 0.710. The van der Waals surface area contributed by atoms with E-state index in [1.165, 1.54) is 16.7 Å². The van der Waals surface area contributed by atoms with Crippen LogP contribution in [0.2, 0.25) is 0 Å². The molecule has 0 aromatic heterocycles.